The van der Waals surface area contributed by atoms with Gasteiger partial charge in [0.25, 0.3) is 0 Å². The molecule has 0 radical (unpaired) electrons. The average molecular weight is 469 g/mol. The standard InChI is InChI=1S/C29H44N2O3/c1-19(27(33)30-18-21-10-6-4-7-11-21)23-14-16-29(3)17-15-24(20(2)25(29)26(23)32)31-28(34)22-12-8-5-9-13-22/h4,6-7,10-11,19-20,22-26,32H,5,8-9,12-18H2,1-3H3,(H,30,33)(H,31,34)/t19-,20-,23-,24-,25+,26-,29+/m0/s1. The van der Waals surface area contributed by atoms with Crippen LogP contribution in [0.1, 0.15) is 84.1 Å². The van der Waals surface area contributed by atoms with Gasteiger partial charge in [0.1, 0.15) is 0 Å². The first-order valence-electron chi connectivity index (χ1n) is 13.6. The molecule has 0 aromatic heterocycles. The van der Waals surface area contributed by atoms with Crippen molar-refractivity contribution >= 4 is 11.8 Å². The molecule has 1 aromatic carbocycles. The van der Waals surface area contributed by atoms with Crippen LogP contribution in [0.25, 0.3) is 0 Å². The van der Waals surface area contributed by atoms with Crippen LogP contribution in [0.5, 0.6) is 0 Å². The second kappa shape index (κ2) is 10.8. The minimum Gasteiger partial charge on any atom is -0.392 e. The fourth-order valence-corrected chi connectivity index (χ4v) is 7.30. The minimum atomic E-state index is -0.527. The van der Waals surface area contributed by atoms with E-state index in [1.54, 1.807) is 0 Å². The fourth-order valence-electron chi connectivity index (χ4n) is 7.30. The summed E-state index contributed by atoms with van der Waals surface area (Å²) in [6.45, 7) is 7.00. The van der Waals surface area contributed by atoms with Gasteiger partial charge in [0.05, 0.1) is 6.10 Å². The third-order valence-corrected chi connectivity index (χ3v) is 9.56. The predicted octanol–water partition coefficient (Wildman–Crippen LogP) is 4.83. The smallest absolute Gasteiger partial charge is 0.223 e. The summed E-state index contributed by atoms with van der Waals surface area (Å²) in [7, 11) is 0. The largest absolute Gasteiger partial charge is 0.392 e. The van der Waals surface area contributed by atoms with E-state index in [1.807, 2.05) is 37.3 Å². The maximum atomic E-state index is 13.0. The van der Waals surface area contributed by atoms with Gasteiger partial charge in [-0.1, -0.05) is 70.4 Å². The first kappa shape index (κ1) is 25.2. The van der Waals surface area contributed by atoms with Crippen LogP contribution in [0.15, 0.2) is 30.3 Å². The van der Waals surface area contributed by atoms with Crippen LogP contribution in [-0.4, -0.2) is 29.1 Å². The number of carbonyl (C=O) groups excluding carboxylic acids is 2. The van der Waals surface area contributed by atoms with Gasteiger partial charge in [-0.2, -0.15) is 0 Å². The minimum absolute atomic E-state index is 0.0159. The summed E-state index contributed by atoms with van der Waals surface area (Å²) in [6.07, 6.45) is 8.96. The Bertz CT molecular complexity index is 837. The first-order valence-corrected chi connectivity index (χ1v) is 13.6. The summed E-state index contributed by atoms with van der Waals surface area (Å²) in [5.41, 5.74) is 1.15. The number of hydrogen-bond donors (Lipinski definition) is 3. The Balaban J connectivity index is 1.39. The normalized spacial score (nSPS) is 35.1. The van der Waals surface area contributed by atoms with Gasteiger partial charge >= 0.3 is 0 Å². The van der Waals surface area contributed by atoms with Crippen LogP contribution in [0.2, 0.25) is 0 Å². The van der Waals surface area contributed by atoms with Crippen molar-refractivity contribution in [2.24, 2.45) is 35.0 Å². The molecular formula is C29H44N2O3. The zero-order valence-corrected chi connectivity index (χ0v) is 21.3. The van der Waals surface area contributed by atoms with Gasteiger partial charge in [-0.15, -0.1) is 0 Å². The summed E-state index contributed by atoms with van der Waals surface area (Å²) >= 11 is 0. The van der Waals surface area contributed by atoms with Crippen LogP contribution < -0.4 is 10.6 Å². The van der Waals surface area contributed by atoms with Crippen molar-refractivity contribution in [2.45, 2.75) is 97.2 Å². The molecule has 3 saturated carbocycles. The topological polar surface area (TPSA) is 78.4 Å². The maximum absolute atomic E-state index is 13.0. The zero-order valence-electron chi connectivity index (χ0n) is 21.3. The molecule has 5 heteroatoms. The first-order chi connectivity index (χ1) is 16.3. The van der Waals surface area contributed by atoms with E-state index in [4.69, 9.17) is 0 Å². The third-order valence-electron chi connectivity index (χ3n) is 9.56. The van der Waals surface area contributed by atoms with Gasteiger partial charge in [0.2, 0.25) is 11.8 Å². The van der Waals surface area contributed by atoms with Gasteiger partial charge in [-0.25, -0.2) is 0 Å². The van der Waals surface area contributed by atoms with Crippen molar-refractivity contribution in [3.8, 4) is 0 Å². The van der Waals surface area contributed by atoms with Crippen LogP contribution >= 0.6 is 0 Å². The highest BCUT2D eigenvalue weighted by atomic mass is 16.3. The Hall–Kier alpha value is -1.88. The number of aliphatic hydroxyl groups excluding tert-OH is 1. The van der Waals surface area contributed by atoms with Gasteiger partial charge in [0, 0.05) is 24.4 Å². The number of hydrogen-bond acceptors (Lipinski definition) is 3. The quantitative estimate of drug-likeness (QED) is 0.560. The molecule has 7 atom stereocenters. The summed E-state index contributed by atoms with van der Waals surface area (Å²) in [4.78, 5) is 25.9. The number of aliphatic hydroxyl groups is 1. The van der Waals surface area contributed by atoms with Crippen LogP contribution in [0.4, 0.5) is 0 Å². The van der Waals surface area contributed by atoms with E-state index in [-0.39, 0.29) is 52.9 Å². The Morgan fingerprint density at radius 3 is 2.44 bits per heavy atom. The summed E-state index contributed by atoms with van der Waals surface area (Å²) in [5, 5.41) is 18.1. The lowest BCUT2D eigenvalue weighted by atomic mass is 9.51. The third kappa shape index (κ3) is 5.35. The molecule has 0 bridgehead atoms. The Morgan fingerprint density at radius 2 is 1.74 bits per heavy atom. The van der Waals surface area contributed by atoms with E-state index in [1.165, 1.54) is 6.42 Å². The van der Waals surface area contributed by atoms with Gasteiger partial charge in [-0.3, -0.25) is 9.59 Å². The summed E-state index contributed by atoms with van der Waals surface area (Å²) < 4.78 is 0. The van der Waals surface area contributed by atoms with Crippen molar-refractivity contribution < 1.29 is 14.7 Å². The summed E-state index contributed by atoms with van der Waals surface area (Å²) in [5.74, 6) is 0.394. The summed E-state index contributed by atoms with van der Waals surface area (Å²) in [6, 6.07) is 10.1. The predicted molar refractivity (Wildman–Crippen MR) is 135 cm³/mol. The van der Waals surface area contributed by atoms with E-state index in [0.717, 1.165) is 56.9 Å². The maximum Gasteiger partial charge on any atom is 0.223 e. The zero-order chi connectivity index (χ0) is 24.3. The second-order valence-electron chi connectivity index (χ2n) is 11.7. The molecule has 3 N–H and O–H groups in total. The lowest BCUT2D eigenvalue weighted by molar-refractivity contribution is -0.144. The van der Waals surface area contributed by atoms with Crippen molar-refractivity contribution in [2.75, 3.05) is 0 Å². The average Bonchev–Trinajstić information content (AvgIpc) is 2.85. The van der Waals surface area contributed by atoms with Crippen molar-refractivity contribution in [1.29, 1.82) is 0 Å². The van der Waals surface area contributed by atoms with E-state index < -0.39 is 6.10 Å². The molecule has 0 saturated heterocycles. The van der Waals surface area contributed by atoms with Crippen LogP contribution in [0.3, 0.4) is 0 Å². The van der Waals surface area contributed by atoms with Crippen molar-refractivity contribution in [3.05, 3.63) is 35.9 Å². The lowest BCUT2D eigenvalue weighted by Crippen LogP contribution is -2.59. The van der Waals surface area contributed by atoms with Gasteiger partial charge in [-0.05, 0) is 67.3 Å². The highest BCUT2D eigenvalue weighted by Crippen LogP contribution is 2.55. The van der Waals surface area contributed by atoms with Gasteiger partial charge < -0.3 is 15.7 Å². The monoisotopic (exact) mass is 468 g/mol. The van der Waals surface area contributed by atoms with E-state index in [2.05, 4.69) is 24.5 Å². The van der Waals surface area contributed by atoms with Crippen molar-refractivity contribution in [1.82, 2.24) is 10.6 Å². The highest BCUT2D eigenvalue weighted by molar-refractivity contribution is 5.79. The number of nitrogens with one attached hydrogen (secondary N) is 2. The van der Waals surface area contributed by atoms with E-state index in [0.29, 0.717) is 6.54 Å². The molecule has 4 rings (SSSR count). The Kier molecular flexibility index (Phi) is 8.01. The molecular weight excluding hydrogens is 424 g/mol. The molecule has 3 aliphatic carbocycles. The molecule has 3 aliphatic rings. The van der Waals surface area contributed by atoms with Crippen LogP contribution in [0, 0.1) is 35.0 Å². The lowest BCUT2D eigenvalue weighted by Gasteiger charge is -2.56. The SMILES string of the molecule is C[C@@H]1[C@@H]2[C@@H](O)[C@H]([C@H](C)C(=O)NCc3ccccc3)CC[C@]2(C)CC[C@@H]1NC(=O)C1CCCCC1. The Morgan fingerprint density at radius 1 is 1.06 bits per heavy atom. The molecule has 188 valence electrons. The molecule has 3 fully saturated rings. The van der Waals surface area contributed by atoms with Gasteiger partial charge in [0.15, 0.2) is 0 Å². The number of fused-ring (bicyclic) bond motifs is 1. The fraction of sp³-hybridized carbons (Fsp3) is 0.724. The van der Waals surface area contributed by atoms with E-state index in [9.17, 15) is 14.7 Å². The molecule has 0 aliphatic heterocycles. The van der Waals surface area contributed by atoms with Crippen LogP contribution in [-0.2, 0) is 16.1 Å². The number of amides is 2. The number of benzene rings is 1. The molecule has 34 heavy (non-hydrogen) atoms. The molecule has 1 aromatic rings. The second-order valence-corrected chi connectivity index (χ2v) is 11.7. The van der Waals surface area contributed by atoms with E-state index >= 15 is 0 Å². The number of rotatable bonds is 6. The molecule has 0 heterocycles. The van der Waals surface area contributed by atoms with Crippen molar-refractivity contribution in [3.63, 3.8) is 0 Å². The molecule has 2 amide bonds. The Labute approximate surface area is 205 Å². The molecule has 0 unspecified atom stereocenters. The highest BCUT2D eigenvalue weighted by Gasteiger charge is 2.54. The molecule has 5 nitrogen and oxygen atoms in total. The number of carbonyl (C=O) groups is 2. The molecule has 0 spiro atoms.